The molecule has 0 spiro atoms. The first kappa shape index (κ1) is 40.5. The maximum Gasteiger partial charge on any atom is 0.407 e. The minimum Gasteiger partial charge on any atom is -0.453 e. The number of aromatic nitrogens is 4. The third-order valence-corrected chi connectivity index (χ3v) is 15.7. The molecule has 7 aliphatic rings. The summed E-state index contributed by atoms with van der Waals surface area (Å²) in [5.41, 5.74) is 4.82. The summed E-state index contributed by atoms with van der Waals surface area (Å²) in [6.07, 6.45) is 20.9. The van der Waals surface area contributed by atoms with Crippen molar-refractivity contribution in [3.05, 3.63) is 59.6 Å². The Morgan fingerprint density at radius 3 is 1.60 bits per heavy atom. The number of nitrogens with zero attached hydrogens (tertiary/aromatic N) is 4. The maximum absolute atomic E-state index is 14.0. The standard InChI is InChI=1S/C46H62N8O6/c1-59-43(57)51-37(30-9-3-4-10-30)41(55)53-25-7-13-34(53)39-47-27-33(49-39)29-15-17-32(18-16-29)45-19-22-46(23-20-45,24-21-45)36-28-48-40(50-36)35-14-8-26-54(35)42(56)38(52-44(58)60-2)31-11-5-6-12-31/h15-18,27-28,30-31,34-35,37-38H,3-14,19-26H2,1-2H3,(H,47,49)(H,48,50)(H,51,57)(H,52,58)/t34-,35-,37-,38-,45?,46?/m0/s1. The fourth-order valence-electron chi connectivity index (χ4n) is 12.2. The molecule has 4 heterocycles. The van der Waals surface area contributed by atoms with E-state index in [4.69, 9.17) is 19.4 Å². The van der Waals surface area contributed by atoms with Gasteiger partial charge in [0.05, 0.1) is 38.2 Å². The van der Waals surface area contributed by atoms with Gasteiger partial charge in [0.15, 0.2) is 0 Å². The molecule has 14 heteroatoms. The largest absolute Gasteiger partial charge is 0.453 e. The number of imidazole rings is 2. The summed E-state index contributed by atoms with van der Waals surface area (Å²) in [5.74, 6) is 1.85. The van der Waals surface area contributed by atoms with E-state index < -0.39 is 24.3 Å². The van der Waals surface area contributed by atoms with Crippen LogP contribution in [0.1, 0.15) is 151 Å². The van der Waals surface area contributed by atoms with Crippen LogP contribution in [0.3, 0.4) is 0 Å². The zero-order chi connectivity index (χ0) is 41.4. The van der Waals surface area contributed by atoms with Gasteiger partial charge >= 0.3 is 12.2 Å². The summed E-state index contributed by atoms with van der Waals surface area (Å²) >= 11 is 0. The van der Waals surface area contributed by atoms with Gasteiger partial charge < -0.3 is 39.9 Å². The molecule has 5 aliphatic carbocycles. The maximum atomic E-state index is 14.0. The summed E-state index contributed by atoms with van der Waals surface area (Å²) in [5, 5.41) is 5.75. The normalized spacial score (nSPS) is 27.9. The Hall–Kier alpha value is -4.88. The number of alkyl carbamates (subject to hydrolysis) is 2. The second kappa shape index (κ2) is 16.9. The topological polar surface area (TPSA) is 175 Å². The Morgan fingerprint density at radius 1 is 0.633 bits per heavy atom. The molecule has 14 nitrogen and oxygen atoms in total. The van der Waals surface area contributed by atoms with Gasteiger partial charge in [-0.1, -0.05) is 49.9 Å². The number of hydrogen-bond acceptors (Lipinski definition) is 8. The average Bonchev–Trinajstić information content (AvgIpc) is 4.14. The van der Waals surface area contributed by atoms with E-state index in [1.54, 1.807) is 0 Å². The zero-order valence-electron chi connectivity index (χ0n) is 35.3. The number of methoxy groups -OCH3 is 2. The van der Waals surface area contributed by atoms with Gasteiger partial charge in [0, 0.05) is 30.4 Å². The van der Waals surface area contributed by atoms with Crippen LogP contribution >= 0.6 is 0 Å². The Bertz CT molecular complexity index is 2010. The van der Waals surface area contributed by atoms with E-state index in [2.05, 4.69) is 44.9 Å². The van der Waals surface area contributed by atoms with E-state index in [9.17, 15) is 19.2 Å². The molecular weight excluding hydrogens is 761 g/mol. The number of likely N-dealkylation sites (tertiary alicyclic amines) is 2. The molecule has 2 aliphatic heterocycles. The number of amides is 4. The predicted molar refractivity (Wildman–Crippen MR) is 224 cm³/mol. The second-order valence-corrected chi connectivity index (χ2v) is 18.7. The van der Waals surface area contributed by atoms with Crippen molar-refractivity contribution in [1.82, 2.24) is 40.4 Å². The molecule has 2 bridgehead atoms. The quantitative estimate of drug-likeness (QED) is 0.154. The van der Waals surface area contributed by atoms with Crippen LogP contribution in [0.2, 0.25) is 0 Å². The van der Waals surface area contributed by atoms with E-state index in [-0.39, 0.29) is 46.6 Å². The molecule has 5 saturated carbocycles. The van der Waals surface area contributed by atoms with Crippen molar-refractivity contribution in [2.75, 3.05) is 27.3 Å². The molecule has 0 radical (unpaired) electrons. The summed E-state index contributed by atoms with van der Waals surface area (Å²) < 4.78 is 9.80. The lowest BCUT2D eigenvalue weighted by molar-refractivity contribution is -0.136. The zero-order valence-corrected chi connectivity index (χ0v) is 35.3. The summed E-state index contributed by atoms with van der Waals surface area (Å²) in [6.45, 7) is 1.31. The number of carbonyl (C=O) groups excluding carboxylic acids is 4. The van der Waals surface area contributed by atoms with E-state index in [0.29, 0.717) is 13.1 Å². The summed E-state index contributed by atoms with van der Waals surface area (Å²) in [6, 6.07) is 7.60. The molecule has 322 valence electrons. The van der Waals surface area contributed by atoms with E-state index >= 15 is 0 Å². The van der Waals surface area contributed by atoms with Crippen LogP contribution in [0, 0.1) is 11.8 Å². The van der Waals surface area contributed by atoms with E-state index in [0.717, 1.165) is 138 Å². The van der Waals surface area contributed by atoms with Crippen LogP contribution in [0.4, 0.5) is 9.59 Å². The van der Waals surface area contributed by atoms with Crippen molar-refractivity contribution in [3.63, 3.8) is 0 Å². The molecule has 4 atom stereocenters. The van der Waals surface area contributed by atoms with Crippen molar-refractivity contribution in [2.24, 2.45) is 11.8 Å². The number of benzene rings is 1. The second-order valence-electron chi connectivity index (χ2n) is 18.7. The van der Waals surface area contributed by atoms with Crippen LogP contribution in [0.15, 0.2) is 36.7 Å². The van der Waals surface area contributed by atoms with Crippen molar-refractivity contribution in [1.29, 1.82) is 0 Å². The number of nitrogens with one attached hydrogen (secondary N) is 4. The number of rotatable bonds is 11. The molecule has 10 rings (SSSR count). The molecule has 4 N–H and O–H groups in total. The van der Waals surface area contributed by atoms with Crippen LogP contribution in [-0.2, 0) is 29.9 Å². The summed E-state index contributed by atoms with van der Waals surface area (Å²) in [7, 11) is 2.69. The van der Waals surface area contributed by atoms with E-state index in [1.165, 1.54) is 25.5 Å². The Morgan fingerprint density at radius 2 is 1.10 bits per heavy atom. The van der Waals surface area contributed by atoms with Gasteiger partial charge in [0.25, 0.3) is 0 Å². The van der Waals surface area contributed by atoms with Gasteiger partial charge in [0.2, 0.25) is 11.8 Å². The number of ether oxygens (including phenoxy) is 2. The SMILES string of the molecule is COC(=O)N[C@H](C(=O)N1CCC[C@H]1c1ncc(-c2ccc(C34CCC(c5cnc([C@@H]6CCCN6C(=O)[C@@H](NC(=O)OC)C6CCCC6)[nH]5)(CC3)CC4)cc2)[nH]1)C1CCCC1. The van der Waals surface area contributed by atoms with Gasteiger partial charge in [-0.3, -0.25) is 9.59 Å². The molecule has 2 saturated heterocycles. The Balaban J connectivity index is 0.841. The van der Waals surface area contributed by atoms with Crippen LogP contribution in [0.5, 0.6) is 0 Å². The van der Waals surface area contributed by atoms with E-state index in [1.807, 2.05) is 22.2 Å². The smallest absolute Gasteiger partial charge is 0.407 e. The average molecular weight is 823 g/mol. The monoisotopic (exact) mass is 822 g/mol. The Labute approximate surface area is 352 Å². The Kier molecular flexibility index (Phi) is 11.4. The number of H-pyrrole nitrogens is 2. The number of carbonyl (C=O) groups is 4. The fraction of sp³-hybridized carbons (Fsp3) is 0.652. The lowest BCUT2D eigenvalue weighted by Crippen LogP contribution is -2.51. The van der Waals surface area contributed by atoms with Gasteiger partial charge in [0.1, 0.15) is 23.7 Å². The van der Waals surface area contributed by atoms with Gasteiger partial charge in [-0.05, 0) is 118 Å². The molecule has 0 unspecified atom stereocenters. The molecule has 7 fully saturated rings. The van der Waals surface area contributed by atoms with Gasteiger partial charge in [-0.15, -0.1) is 0 Å². The van der Waals surface area contributed by atoms with Crippen molar-refractivity contribution >= 4 is 24.0 Å². The predicted octanol–water partition coefficient (Wildman–Crippen LogP) is 7.50. The third kappa shape index (κ3) is 7.56. The van der Waals surface area contributed by atoms with Crippen molar-refractivity contribution < 1.29 is 28.7 Å². The molecular formula is C46H62N8O6. The highest BCUT2D eigenvalue weighted by molar-refractivity contribution is 5.87. The highest BCUT2D eigenvalue weighted by Crippen LogP contribution is 2.58. The number of hydrogen-bond donors (Lipinski definition) is 4. The third-order valence-electron chi connectivity index (χ3n) is 15.7. The van der Waals surface area contributed by atoms with Gasteiger partial charge in [-0.2, -0.15) is 0 Å². The summed E-state index contributed by atoms with van der Waals surface area (Å²) in [4.78, 5) is 73.4. The molecule has 60 heavy (non-hydrogen) atoms. The molecule has 3 aromatic rings. The van der Waals surface area contributed by atoms with Gasteiger partial charge in [-0.25, -0.2) is 19.6 Å². The minimum atomic E-state index is -0.582. The van der Waals surface area contributed by atoms with Crippen molar-refractivity contribution in [2.45, 2.75) is 151 Å². The lowest BCUT2D eigenvalue weighted by Gasteiger charge is -2.53. The minimum absolute atomic E-state index is 0.0173. The number of fused-ring (bicyclic) bond motifs is 3. The van der Waals surface area contributed by atoms with Crippen LogP contribution < -0.4 is 10.6 Å². The molecule has 1 aromatic carbocycles. The molecule has 2 aromatic heterocycles. The first-order valence-electron chi connectivity index (χ1n) is 22.7. The van der Waals surface area contributed by atoms with Crippen LogP contribution in [-0.4, -0.2) is 93.1 Å². The van der Waals surface area contributed by atoms with Crippen molar-refractivity contribution in [3.8, 4) is 11.3 Å². The number of aromatic amines is 2. The van der Waals surface area contributed by atoms with Crippen LogP contribution in [0.25, 0.3) is 11.3 Å². The first-order valence-corrected chi connectivity index (χ1v) is 22.7. The lowest BCUT2D eigenvalue weighted by atomic mass is 9.51. The highest BCUT2D eigenvalue weighted by Gasteiger charge is 2.51. The first-order chi connectivity index (χ1) is 29.2. The fourth-order valence-corrected chi connectivity index (χ4v) is 12.2. The molecule has 4 amide bonds. The highest BCUT2D eigenvalue weighted by atomic mass is 16.5.